The minimum Gasteiger partial charge on any atom is -0.444 e. The Morgan fingerprint density at radius 2 is 2.00 bits per heavy atom. The molecule has 0 aliphatic rings. The number of rotatable bonds is 4. The highest BCUT2D eigenvalue weighted by molar-refractivity contribution is 5.68. The lowest BCUT2D eigenvalue weighted by molar-refractivity contribution is 0.0514. The lowest BCUT2D eigenvalue weighted by Crippen LogP contribution is -2.38. The topological polar surface area (TPSA) is 62.1 Å². The van der Waals surface area contributed by atoms with Crippen LogP contribution in [-0.4, -0.2) is 17.7 Å². The summed E-state index contributed by atoms with van der Waals surface area (Å²) in [6, 6.07) is 11.4. The van der Waals surface area contributed by atoms with E-state index in [1.54, 1.807) is 20.8 Å². The van der Waals surface area contributed by atoms with Crippen LogP contribution in [-0.2, 0) is 11.2 Å². The van der Waals surface area contributed by atoms with Crippen molar-refractivity contribution >= 4 is 6.09 Å². The lowest BCUT2D eigenvalue weighted by Gasteiger charge is -2.21. The molecular weight excluding hydrogens is 240 g/mol. The molecule has 0 aliphatic heterocycles. The minimum atomic E-state index is -0.552. The van der Waals surface area contributed by atoms with Gasteiger partial charge in [0.05, 0.1) is 6.07 Å². The molecule has 1 N–H and O–H groups in total. The Morgan fingerprint density at radius 3 is 2.53 bits per heavy atom. The van der Waals surface area contributed by atoms with Gasteiger partial charge in [-0.15, -0.1) is 0 Å². The Bertz CT molecular complexity index is 443. The van der Waals surface area contributed by atoms with E-state index in [1.807, 2.05) is 30.3 Å². The molecule has 0 fully saturated rings. The predicted molar refractivity (Wildman–Crippen MR) is 73.5 cm³/mol. The number of carbonyl (C=O) groups is 1. The van der Waals surface area contributed by atoms with Gasteiger partial charge < -0.3 is 10.1 Å². The first-order valence-electron chi connectivity index (χ1n) is 6.34. The SMILES string of the molecule is CC(C)(C)OC(=O)NC(C#N)CCc1ccccc1. The van der Waals surface area contributed by atoms with Crippen molar-refractivity contribution in [2.45, 2.75) is 45.3 Å². The van der Waals surface area contributed by atoms with Crippen molar-refractivity contribution in [3.05, 3.63) is 35.9 Å². The molecule has 0 saturated heterocycles. The summed E-state index contributed by atoms with van der Waals surface area (Å²) in [4.78, 5) is 11.6. The van der Waals surface area contributed by atoms with Crippen LogP contribution >= 0.6 is 0 Å². The molecule has 0 bridgehead atoms. The number of ether oxygens (including phenoxy) is 1. The second-order valence-electron chi connectivity index (χ2n) is 5.35. The molecule has 102 valence electrons. The molecule has 0 saturated carbocycles. The quantitative estimate of drug-likeness (QED) is 0.905. The molecule has 4 nitrogen and oxygen atoms in total. The van der Waals surface area contributed by atoms with Crippen LogP contribution in [0, 0.1) is 11.3 Å². The van der Waals surface area contributed by atoms with Crippen molar-refractivity contribution < 1.29 is 9.53 Å². The summed E-state index contributed by atoms with van der Waals surface area (Å²) in [5, 5.41) is 11.6. The fourth-order valence-electron chi connectivity index (χ4n) is 1.57. The lowest BCUT2D eigenvalue weighted by atomic mass is 10.1. The van der Waals surface area contributed by atoms with Crippen LogP contribution in [0.25, 0.3) is 0 Å². The first kappa shape index (κ1) is 15.0. The Morgan fingerprint density at radius 1 is 1.37 bits per heavy atom. The molecule has 1 unspecified atom stereocenters. The van der Waals surface area contributed by atoms with Gasteiger partial charge in [0.25, 0.3) is 0 Å². The number of nitriles is 1. The van der Waals surface area contributed by atoms with Crippen LogP contribution in [0.4, 0.5) is 4.79 Å². The molecule has 1 aromatic carbocycles. The summed E-state index contributed by atoms with van der Waals surface area (Å²) in [6.07, 6.45) is 0.765. The van der Waals surface area contributed by atoms with Gasteiger partial charge >= 0.3 is 6.09 Å². The summed E-state index contributed by atoms with van der Waals surface area (Å²) in [6.45, 7) is 5.37. The molecule has 0 aliphatic carbocycles. The average Bonchev–Trinajstić information content (AvgIpc) is 2.33. The third-order valence-corrected chi connectivity index (χ3v) is 2.41. The normalized spacial score (nSPS) is 12.3. The van der Waals surface area contributed by atoms with E-state index in [2.05, 4.69) is 11.4 Å². The van der Waals surface area contributed by atoms with Crippen molar-refractivity contribution in [1.82, 2.24) is 5.32 Å². The van der Waals surface area contributed by atoms with Gasteiger partial charge in [-0.3, -0.25) is 0 Å². The molecule has 1 amide bonds. The van der Waals surface area contributed by atoms with Crippen molar-refractivity contribution in [1.29, 1.82) is 5.26 Å². The standard InChI is InChI=1S/C15H20N2O2/c1-15(2,3)19-14(18)17-13(11-16)10-9-12-7-5-4-6-8-12/h4-8,13H,9-10H2,1-3H3,(H,17,18). The largest absolute Gasteiger partial charge is 0.444 e. The molecule has 0 radical (unpaired) electrons. The fourth-order valence-corrected chi connectivity index (χ4v) is 1.57. The molecule has 0 heterocycles. The number of nitrogens with zero attached hydrogens (tertiary/aromatic N) is 1. The summed E-state index contributed by atoms with van der Waals surface area (Å²) >= 11 is 0. The van der Waals surface area contributed by atoms with Crippen LogP contribution in [0.2, 0.25) is 0 Å². The molecule has 4 heteroatoms. The summed E-state index contributed by atoms with van der Waals surface area (Å²) < 4.78 is 5.12. The summed E-state index contributed by atoms with van der Waals surface area (Å²) in [5.74, 6) is 0. The van der Waals surface area contributed by atoms with E-state index in [0.717, 1.165) is 12.0 Å². The third kappa shape index (κ3) is 6.46. The number of alkyl carbamates (subject to hydrolysis) is 1. The van der Waals surface area contributed by atoms with Gasteiger partial charge in [0.2, 0.25) is 0 Å². The first-order valence-corrected chi connectivity index (χ1v) is 6.34. The first-order chi connectivity index (χ1) is 8.90. The van der Waals surface area contributed by atoms with Crippen LogP contribution in [0.5, 0.6) is 0 Å². The minimum absolute atomic E-state index is 0.532. The van der Waals surface area contributed by atoms with E-state index >= 15 is 0 Å². The van der Waals surface area contributed by atoms with E-state index in [4.69, 9.17) is 10.00 Å². The molecule has 1 atom stereocenters. The van der Waals surface area contributed by atoms with Crippen LogP contribution < -0.4 is 5.32 Å². The fraction of sp³-hybridized carbons (Fsp3) is 0.467. The smallest absolute Gasteiger partial charge is 0.408 e. The molecule has 19 heavy (non-hydrogen) atoms. The van der Waals surface area contributed by atoms with Crippen LogP contribution in [0.15, 0.2) is 30.3 Å². The highest BCUT2D eigenvalue weighted by atomic mass is 16.6. The molecular formula is C15H20N2O2. The van der Waals surface area contributed by atoms with Gasteiger partial charge in [0.15, 0.2) is 0 Å². The van der Waals surface area contributed by atoms with Crippen LogP contribution in [0.1, 0.15) is 32.8 Å². The van der Waals surface area contributed by atoms with E-state index < -0.39 is 17.7 Å². The number of benzene rings is 1. The predicted octanol–water partition coefficient (Wildman–Crippen LogP) is 3.04. The van der Waals surface area contributed by atoms with Gasteiger partial charge in [0, 0.05) is 0 Å². The number of hydrogen-bond acceptors (Lipinski definition) is 3. The number of amides is 1. The zero-order chi connectivity index (χ0) is 14.3. The maximum atomic E-state index is 11.6. The Hall–Kier alpha value is -2.02. The summed E-state index contributed by atoms with van der Waals surface area (Å²) in [7, 11) is 0. The van der Waals surface area contributed by atoms with Gasteiger partial charge in [-0.25, -0.2) is 4.79 Å². The second kappa shape index (κ2) is 6.79. The van der Waals surface area contributed by atoms with Gasteiger partial charge in [-0.2, -0.15) is 5.26 Å². The molecule has 1 aromatic rings. The molecule has 1 rings (SSSR count). The van der Waals surface area contributed by atoms with Gasteiger partial charge in [-0.05, 0) is 39.2 Å². The van der Waals surface area contributed by atoms with E-state index in [-0.39, 0.29) is 0 Å². The molecule has 0 spiro atoms. The van der Waals surface area contributed by atoms with Crippen molar-refractivity contribution in [2.75, 3.05) is 0 Å². The monoisotopic (exact) mass is 260 g/mol. The number of aryl methyl sites for hydroxylation is 1. The van der Waals surface area contributed by atoms with Crippen LogP contribution in [0.3, 0.4) is 0 Å². The average molecular weight is 260 g/mol. The van der Waals surface area contributed by atoms with E-state index in [9.17, 15) is 4.79 Å². The highest BCUT2D eigenvalue weighted by Crippen LogP contribution is 2.08. The Balaban J connectivity index is 2.43. The maximum Gasteiger partial charge on any atom is 0.408 e. The zero-order valence-corrected chi connectivity index (χ0v) is 11.6. The number of hydrogen-bond donors (Lipinski definition) is 1. The summed E-state index contributed by atoms with van der Waals surface area (Å²) in [5.41, 5.74) is 0.595. The molecule has 0 aromatic heterocycles. The van der Waals surface area contributed by atoms with Crippen molar-refractivity contribution in [3.63, 3.8) is 0 Å². The second-order valence-corrected chi connectivity index (χ2v) is 5.35. The van der Waals surface area contributed by atoms with E-state index in [0.29, 0.717) is 6.42 Å². The Labute approximate surface area is 114 Å². The highest BCUT2D eigenvalue weighted by Gasteiger charge is 2.19. The zero-order valence-electron chi connectivity index (χ0n) is 11.6. The maximum absolute atomic E-state index is 11.6. The van der Waals surface area contributed by atoms with Gasteiger partial charge in [0.1, 0.15) is 11.6 Å². The van der Waals surface area contributed by atoms with Crippen molar-refractivity contribution in [3.8, 4) is 6.07 Å². The number of nitrogens with one attached hydrogen (secondary N) is 1. The number of carbonyl (C=O) groups excluding carboxylic acids is 1. The van der Waals surface area contributed by atoms with Gasteiger partial charge in [-0.1, -0.05) is 30.3 Å². The van der Waals surface area contributed by atoms with Crippen molar-refractivity contribution in [2.24, 2.45) is 0 Å². The third-order valence-electron chi connectivity index (χ3n) is 2.41. The Kier molecular flexibility index (Phi) is 5.37. The van der Waals surface area contributed by atoms with E-state index in [1.165, 1.54) is 0 Å².